The number of thiophene rings is 1. The SMILES string of the molecule is CNC(c1cc(Br)sc1Br)c1c(Cl)cnn1C. The van der Waals surface area contributed by atoms with Crippen LogP contribution in [0.5, 0.6) is 0 Å². The molecule has 0 aromatic carbocycles. The van der Waals surface area contributed by atoms with Gasteiger partial charge in [0.15, 0.2) is 0 Å². The van der Waals surface area contributed by atoms with E-state index in [0.717, 1.165) is 18.8 Å². The van der Waals surface area contributed by atoms with Crippen LogP contribution in [0.15, 0.2) is 19.8 Å². The lowest BCUT2D eigenvalue weighted by molar-refractivity contribution is 0.606. The van der Waals surface area contributed by atoms with E-state index in [2.05, 4.69) is 48.3 Å². The second-order valence-electron chi connectivity index (χ2n) is 3.50. The van der Waals surface area contributed by atoms with Crippen molar-refractivity contribution < 1.29 is 0 Å². The molecule has 1 N–H and O–H groups in total. The minimum absolute atomic E-state index is 0.0203. The van der Waals surface area contributed by atoms with Crippen molar-refractivity contribution in [3.8, 4) is 0 Å². The molecule has 0 radical (unpaired) electrons. The summed E-state index contributed by atoms with van der Waals surface area (Å²) in [7, 11) is 3.80. The van der Waals surface area contributed by atoms with E-state index >= 15 is 0 Å². The van der Waals surface area contributed by atoms with Crippen molar-refractivity contribution in [3.05, 3.63) is 36.1 Å². The van der Waals surface area contributed by atoms with Gasteiger partial charge in [-0.25, -0.2) is 0 Å². The third-order valence-electron chi connectivity index (χ3n) is 2.49. The second kappa shape index (κ2) is 5.40. The Balaban J connectivity index is 2.51. The van der Waals surface area contributed by atoms with Gasteiger partial charge in [0.2, 0.25) is 0 Å². The summed E-state index contributed by atoms with van der Waals surface area (Å²) in [5.41, 5.74) is 2.11. The standard InChI is InChI=1S/C10H10Br2ClN3S/c1-14-8(5-3-7(11)17-10(5)12)9-6(13)4-15-16(9)2/h3-4,8,14H,1-2H3. The highest BCUT2D eigenvalue weighted by Crippen LogP contribution is 2.39. The Morgan fingerprint density at radius 3 is 2.65 bits per heavy atom. The highest BCUT2D eigenvalue weighted by Gasteiger charge is 2.23. The molecule has 0 saturated heterocycles. The van der Waals surface area contributed by atoms with Crippen LogP contribution in [0.25, 0.3) is 0 Å². The minimum atomic E-state index is 0.0203. The first-order chi connectivity index (χ1) is 8.04. The molecule has 7 heteroatoms. The summed E-state index contributed by atoms with van der Waals surface area (Å²) in [6, 6.07) is 2.10. The first kappa shape index (κ1) is 13.5. The first-order valence-corrected chi connectivity index (χ1v) is 7.62. The number of rotatable bonds is 3. The van der Waals surface area contributed by atoms with Gasteiger partial charge in [-0.2, -0.15) is 5.10 Å². The number of aromatic nitrogens is 2. The molecule has 2 aromatic rings. The van der Waals surface area contributed by atoms with E-state index < -0.39 is 0 Å². The molecule has 0 aliphatic heterocycles. The largest absolute Gasteiger partial charge is 0.308 e. The van der Waals surface area contributed by atoms with Crippen LogP contribution in [0.3, 0.4) is 0 Å². The van der Waals surface area contributed by atoms with Gasteiger partial charge in [-0.05, 0) is 45.0 Å². The van der Waals surface area contributed by atoms with E-state index in [9.17, 15) is 0 Å². The zero-order valence-electron chi connectivity index (χ0n) is 9.17. The van der Waals surface area contributed by atoms with Gasteiger partial charge in [0.05, 0.1) is 30.5 Å². The highest BCUT2D eigenvalue weighted by atomic mass is 79.9. The maximum absolute atomic E-state index is 6.18. The average Bonchev–Trinajstić information content (AvgIpc) is 2.76. The molecule has 17 heavy (non-hydrogen) atoms. The Bertz CT molecular complexity index is 518. The first-order valence-electron chi connectivity index (χ1n) is 4.84. The van der Waals surface area contributed by atoms with Gasteiger partial charge < -0.3 is 5.32 Å². The van der Waals surface area contributed by atoms with Crippen LogP contribution < -0.4 is 5.32 Å². The van der Waals surface area contributed by atoms with Gasteiger partial charge in [0.1, 0.15) is 0 Å². The second-order valence-corrected chi connectivity index (χ2v) is 7.66. The highest BCUT2D eigenvalue weighted by molar-refractivity contribution is 9.12. The molecule has 2 heterocycles. The van der Waals surface area contributed by atoms with Crippen LogP contribution in [0.4, 0.5) is 0 Å². The van der Waals surface area contributed by atoms with E-state index in [0.29, 0.717) is 5.02 Å². The Morgan fingerprint density at radius 2 is 2.24 bits per heavy atom. The number of hydrogen-bond acceptors (Lipinski definition) is 3. The van der Waals surface area contributed by atoms with E-state index in [1.165, 1.54) is 0 Å². The smallest absolute Gasteiger partial charge is 0.0837 e. The average molecular weight is 400 g/mol. The molecule has 0 saturated carbocycles. The maximum Gasteiger partial charge on any atom is 0.0837 e. The quantitative estimate of drug-likeness (QED) is 0.846. The number of hydrogen-bond donors (Lipinski definition) is 1. The van der Waals surface area contributed by atoms with Crippen LogP contribution in [0, 0.1) is 0 Å². The molecule has 92 valence electrons. The van der Waals surface area contributed by atoms with Gasteiger partial charge in [-0.1, -0.05) is 11.6 Å². The van der Waals surface area contributed by atoms with Gasteiger partial charge in [-0.3, -0.25) is 4.68 Å². The van der Waals surface area contributed by atoms with E-state index in [4.69, 9.17) is 11.6 Å². The van der Waals surface area contributed by atoms with Gasteiger partial charge in [0, 0.05) is 12.6 Å². The Hall–Kier alpha value is 0.120. The fourth-order valence-corrected chi connectivity index (χ4v) is 4.91. The lowest BCUT2D eigenvalue weighted by atomic mass is 10.1. The molecule has 0 aliphatic rings. The molecule has 3 nitrogen and oxygen atoms in total. The third-order valence-corrected chi connectivity index (χ3v) is 5.17. The molecule has 0 amide bonds. The fraction of sp³-hybridized carbons (Fsp3) is 0.300. The van der Waals surface area contributed by atoms with Crippen molar-refractivity contribution in [1.82, 2.24) is 15.1 Å². The summed E-state index contributed by atoms with van der Waals surface area (Å²) in [5, 5.41) is 8.10. The number of nitrogens with one attached hydrogen (secondary N) is 1. The number of aryl methyl sites for hydroxylation is 1. The third kappa shape index (κ3) is 2.61. The predicted octanol–water partition coefficient (Wildman–Crippen LogP) is 3.97. The van der Waals surface area contributed by atoms with E-state index in [1.54, 1.807) is 22.2 Å². The normalized spacial score (nSPS) is 13.0. The Morgan fingerprint density at radius 1 is 1.53 bits per heavy atom. The summed E-state index contributed by atoms with van der Waals surface area (Å²) in [4.78, 5) is 0. The molecule has 1 unspecified atom stereocenters. The topological polar surface area (TPSA) is 29.9 Å². The van der Waals surface area contributed by atoms with Crippen molar-refractivity contribution in [2.24, 2.45) is 7.05 Å². The molecule has 0 bridgehead atoms. The lowest BCUT2D eigenvalue weighted by Gasteiger charge is -2.16. The maximum atomic E-state index is 6.18. The minimum Gasteiger partial charge on any atom is -0.308 e. The molecular weight excluding hydrogens is 389 g/mol. The van der Waals surface area contributed by atoms with Crippen molar-refractivity contribution in [3.63, 3.8) is 0 Å². The zero-order chi connectivity index (χ0) is 12.6. The van der Waals surface area contributed by atoms with Crippen LogP contribution in [0.2, 0.25) is 5.02 Å². The Kier molecular flexibility index (Phi) is 4.31. The molecule has 2 rings (SSSR count). The van der Waals surface area contributed by atoms with Crippen LogP contribution in [-0.4, -0.2) is 16.8 Å². The van der Waals surface area contributed by atoms with Crippen LogP contribution in [-0.2, 0) is 7.05 Å². The van der Waals surface area contributed by atoms with Crippen LogP contribution >= 0.6 is 54.8 Å². The molecule has 0 spiro atoms. The summed E-state index contributed by atoms with van der Waals surface area (Å²) in [5.74, 6) is 0. The molecular formula is C10H10Br2ClN3S. The van der Waals surface area contributed by atoms with E-state index in [1.807, 2.05) is 14.1 Å². The Labute approximate surface area is 125 Å². The zero-order valence-corrected chi connectivity index (χ0v) is 13.9. The number of halogens is 3. The number of nitrogens with zero attached hydrogens (tertiary/aromatic N) is 2. The predicted molar refractivity (Wildman–Crippen MR) is 78.8 cm³/mol. The molecule has 0 fully saturated rings. The van der Waals surface area contributed by atoms with Crippen molar-refractivity contribution in [2.45, 2.75) is 6.04 Å². The van der Waals surface area contributed by atoms with Gasteiger partial charge in [0.25, 0.3) is 0 Å². The van der Waals surface area contributed by atoms with Crippen molar-refractivity contribution in [1.29, 1.82) is 0 Å². The van der Waals surface area contributed by atoms with Crippen molar-refractivity contribution in [2.75, 3.05) is 7.05 Å². The molecule has 1 atom stereocenters. The van der Waals surface area contributed by atoms with Gasteiger partial charge >= 0.3 is 0 Å². The summed E-state index contributed by atoms with van der Waals surface area (Å²) >= 11 is 14.9. The van der Waals surface area contributed by atoms with Gasteiger partial charge in [-0.15, -0.1) is 11.3 Å². The van der Waals surface area contributed by atoms with Crippen molar-refractivity contribution >= 4 is 54.8 Å². The lowest BCUT2D eigenvalue weighted by Crippen LogP contribution is -2.20. The van der Waals surface area contributed by atoms with E-state index in [-0.39, 0.29) is 6.04 Å². The summed E-state index contributed by atoms with van der Waals surface area (Å²) in [6.45, 7) is 0. The molecule has 0 aliphatic carbocycles. The summed E-state index contributed by atoms with van der Waals surface area (Å²) < 4.78 is 3.96. The fourth-order valence-electron chi connectivity index (χ4n) is 1.73. The molecule has 2 aromatic heterocycles. The summed E-state index contributed by atoms with van der Waals surface area (Å²) in [6.07, 6.45) is 1.66. The van der Waals surface area contributed by atoms with Crippen LogP contribution in [0.1, 0.15) is 17.3 Å². The monoisotopic (exact) mass is 397 g/mol.